The van der Waals surface area contributed by atoms with Crippen LogP contribution in [0.4, 0.5) is 0 Å². The van der Waals surface area contributed by atoms with Gasteiger partial charge in [-0.2, -0.15) is 17.0 Å². The van der Waals surface area contributed by atoms with Crippen molar-refractivity contribution in [1.82, 2.24) is 13.9 Å². The number of hydrogen-bond donors (Lipinski definition) is 1. The Bertz CT molecular complexity index is 417. The van der Waals surface area contributed by atoms with Crippen LogP contribution in [-0.2, 0) is 14.9 Å². The molecule has 3 aliphatic rings. The van der Waals surface area contributed by atoms with Gasteiger partial charge in [-0.3, -0.25) is 0 Å². The number of rotatable bonds is 3. The average molecular weight is 303 g/mol. The molecule has 6 nitrogen and oxygen atoms in total. The van der Waals surface area contributed by atoms with Gasteiger partial charge in [0.05, 0.1) is 13.2 Å². The van der Waals surface area contributed by atoms with E-state index in [-0.39, 0.29) is 6.04 Å². The molecule has 20 heavy (non-hydrogen) atoms. The fourth-order valence-corrected chi connectivity index (χ4v) is 5.56. The second-order valence-electron chi connectivity index (χ2n) is 5.93. The van der Waals surface area contributed by atoms with Crippen molar-refractivity contribution in [3.05, 3.63) is 0 Å². The van der Waals surface area contributed by atoms with E-state index in [4.69, 9.17) is 4.74 Å². The van der Waals surface area contributed by atoms with Gasteiger partial charge in [-0.05, 0) is 44.7 Å². The van der Waals surface area contributed by atoms with E-state index < -0.39 is 10.2 Å². The number of nitrogens with zero attached hydrogens (tertiary/aromatic N) is 2. The van der Waals surface area contributed by atoms with Crippen LogP contribution in [0.1, 0.15) is 25.7 Å². The van der Waals surface area contributed by atoms with Gasteiger partial charge >= 0.3 is 0 Å². The first-order valence-electron chi connectivity index (χ1n) is 7.75. The summed E-state index contributed by atoms with van der Waals surface area (Å²) in [6.07, 6.45) is 4.21. The highest BCUT2D eigenvalue weighted by Crippen LogP contribution is 2.32. The normalized spacial score (nSPS) is 31.7. The van der Waals surface area contributed by atoms with Crippen LogP contribution < -0.4 is 5.32 Å². The predicted molar refractivity (Wildman–Crippen MR) is 76.6 cm³/mol. The van der Waals surface area contributed by atoms with Crippen molar-refractivity contribution in [2.45, 2.75) is 31.7 Å². The van der Waals surface area contributed by atoms with Gasteiger partial charge in [-0.15, -0.1) is 0 Å². The van der Waals surface area contributed by atoms with Gasteiger partial charge in [0, 0.05) is 25.7 Å². The summed E-state index contributed by atoms with van der Waals surface area (Å²) < 4.78 is 34.3. The molecule has 3 fully saturated rings. The lowest BCUT2D eigenvalue weighted by atomic mass is 9.89. The molecule has 3 rings (SSSR count). The highest BCUT2D eigenvalue weighted by atomic mass is 32.2. The Balaban J connectivity index is 1.73. The number of hydrogen-bond acceptors (Lipinski definition) is 4. The molecule has 0 spiro atoms. The summed E-state index contributed by atoms with van der Waals surface area (Å²) in [4.78, 5) is 0. The lowest BCUT2D eigenvalue weighted by Crippen LogP contribution is -2.52. The molecule has 3 heterocycles. The first kappa shape index (κ1) is 14.7. The minimum absolute atomic E-state index is 0.213. The Morgan fingerprint density at radius 1 is 1.00 bits per heavy atom. The van der Waals surface area contributed by atoms with Crippen molar-refractivity contribution < 1.29 is 13.2 Å². The van der Waals surface area contributed by atoms with Crippen LogP contribution >= 0.6 is 0 Å². The zero-order valence-electron chi connectivity index (χ0n) is 12.0. The van der Waals surface area contributed by atoms with Gasteiger partial charge in [0.25, 0.3) is 10.2 Å². The van der Waals surface area contributed by atoms with Crippen LogP contribution in [0.15, 0.2) is 0 Å². The molecule has 1 unspecified atom stereocenters. The molecular formula is C13H25N3O3S. The van der Waals surface area contributed by atoms with Crippen LogP contribution in [0.5, 0.6) is 0 Å². The van der Waals surface area contributed by atoms with E-state index in [0.29, 0.717) is 38.8 Å². The van der Waals surface area contributed by atoms with Crippen molar-refractivity contribution in [2.75, 3.05) is 45.9 Å². The topological polar surface area (TPSA) is 61.9 Å². The molecule has 0 amide bonds. The van der Waals surface area contributed by atoms with Gasteiger partial charge < -0.3 is 10.1 Å². The first-order valence-corrected chi connectivity index (χ1v) is 9.14. The van der Waals surface area contributed by atoms with Crippen LogP contribution in [0.2, 0.25) is 0 Å². The maximum Gasteiger partial charge on any atom is 0.282 e. The molecule has 0 saturated carbocycles. The second kappa shape index (κ2) is 6.27. The summed E-state index contributed by atoms with van der Waals surface area (Å²) >= 11 is 0. The molecule has 0 bridgehead atoms. The standard InChI is InChI=1S/C13H25N3O3S/c17-20(18,15-8-10-19-11-9-15)16-7-1-2-13(16)12-3-5-14-6-4-12/h12-14H,1-11H2. The lowest BCUT2D eigenvalue weighted by molar-refractivity contribution is 0.0690. The highest BCUT2D eigenvalue weighted by molar-refractivity contribution is 7.86. The van der Waals surface area contributed by atoms with E-state index in [1.165, 1.54) is 0 Å². The summed E-state index contributed by atoms with van der Waals surface area (Å²) in [6, 6.07) is 0.213. The van der Waals surface area contributed by atoms with E-state index in [1.807, 2.05) is 0 Å². The molecule has 3 aliphatic heterocycles. The van der Waals surface area contributed by atoms with Crippen molar-refractivity contribution in [3.8, 4) is 0 Å². The van der Waals surface area contributed by atoms with Crippen LogP contribution in [0.25, 0.3) is 0 Å². The minimum Gasteiger partial charge on any atom is -0.379 e. The van der Waals surface area contributed by atoms with Crippen LogP contribution in [-0.4, -0.2) is 69.0 Å². The van der Waals surface area contributed by atoms with E-state index in [0.717, 1.165) is 38.8 Å². The monoisotopic (exact) mass is 303 g/mol. The molecule has 3 saturated heterocycles. The van der Waals surface area contributed by atoms with Crippen molar-refractivity contribution in [1.29, 1.82) is 0 Å². The molecule has 0 radical (unpaired) electrons. The van der Waals surface area contributed by atoms with Gasteiger partial charge in [0.15, 0.2) is 0 Å². The zero-order chi connectivity index (χ0) is 14.0. The zero-order valence-corrected chi connectivity index (χ0v) is 12.8. The van der Waals surface area contributed by atoms with E-state index >= 15 is 0 Å². The van der Waals surface area contributed by atoms with E-state index in [9.17, 15) is 8.42 Å². The minimum atomic E-state index is -3.29. The quantitative estimate of drug-likeness (QED) is 0.799. The van der Waals surface area contributed by atoms with Crippen molar-refractivity contribution in [2.24, 2.45) is 5.92 Å². The molecule has 7 heteroatoms. The largest absolute Gasteiger partial charge is 0.379 e. The maximum atomic E-state index is 12.8. The second-order valence-corrected chi connectivity index (χ2v) is 7.81. The Kier molecular flexibility index (Phi) is 4.62. The summed E-state index contributed by atoms with van der Waals surface area (Å²) in [5.74, 6) is 0.523. The fraction of sp³-hybridized carbons (Fsp3) is 1.00. The summed E-state index contributed by atoms with van der Waals surface area (Å²) in [7, 11) is -3.29. The SMILES string of the molecule is O=S(=O)(N1CCOCC1)N1CCCC1C1CCNCC1. The molecule has 1 N–H and O–H groups in total. The third-order valence-corrected chi connectivity index (χ3v) is 6.83. The van der Waals surface area contributed by atoms with Crippen LogP contribution in [0.3, 0.4) is 0 Å². The molecule has 0 aromatic rings. The predicted octanol–water partition coefficient (Wildman–Crippen LogP) is 0.0274. The van der Waals surface area contributed by atoms with Gasteiger partial charge in [-0.25, -0.2) is 0 Å². The highest BCUT2D eigenvalue weighted by Gasteiger charge is 2.41. The third kappa shape index (κ3) is 2.87. The number of nitrogens with one attached hydrogen (secondary N) is 1. The van der Waals surface area contributed by atoms with Gasteiger partial charge in [0.2, 0.25) is 0 Å². The lowest BCUT2D eigenvalue weighted by Gasteiger charge is -2.37. The summed E-state index contributed by atoms with van der Waals surface area (Å²) in [5, 5.41) is 3.36. The molecule has 0 aliphatic carbocycles. The Labute approximate surface area is 121 Å². The van der Waals surface area contributed by atoms with Crippen molar-refractivity contribution >= 4 is 10.2 Å². The van der Waals surface area contributed by atoms with Gasteiger partial charge in [-0.1, -0.05) is 0 Å². The summed E-state index contributed by atoms with van der Waals surface area (Å²) in [5.41, 5.74) is 0. The smallest absolute Gasteiger partial charge is 0.282 e. The fourth-order valence-electron chi connectivity index (χ4n) is 3.68. The number of morpholine rings is 1. The Hall–Kier alpha value is -0.210. The van der Waals surface area contributed by atoms with Crippen molar-refractivity contribution in [3.63, 3.8) is 0 Å². The van der Waals surface area contributed by atoms with E-state index in [2.05, 4.69) is 5.32 Å². The average Bonchev–Trinajstić information content (AvgIpc) is 2.99. The molecule has 0 aromatic heterocycles. The Morgan fingerprint density at radius 3 is 2.40 bits per heavy atom. The molecule has 1 atom stereocenters. The van der Waals surface area contributed by atoms with Crippen LogP contribution in [0, 0.1) is 5.92 Å². The molecule has 0 aromatic carbocycles. The van der Waals surface area contributed by atoms with Gasteiger partial charge in [0.1, 0.15) is 0 Å². The first-order chi connectivity index (χ1) is 9.69. The molecule has 116 valence electrons. The maximum absolute atomic E-state index is 12.8. The summed E-state index contributed by atoms with van der Waals surface area (Å²) in [6.45, 7) is 4.76. The number of piperidine rings is 1. The van der Waals surface area contributed by atoms with E-state index in [1.54, 1.807) is 8.61 Å². The number of ether oxygens (including phenoxy) is 1. The third-order valence-electron chi connectivity index (χ3n) is 4.77. The Morgan fingerprint density at radius 2 is 1.70 bits per heavy atom. The molecular weight excluding hydrogens is 278 g/mol.